The summed E-state index contributed by atoms with van der Waals surface area (Å²) >= 11 is 0. The molecular formula is C16H28N2O5. The van der Waals surface area contributed by atoms with Gasteiger partial charge in [-0.1, -0.05) is 0 Å². The van der Waals surface area contributed by atoms with E-state index in [1.54, 1.807) is 18.1 Å². The molecule has 0 spiro atoms. The summed E-state index contributed by atoms with van der Waals surface area (Å²) in [5.41, 5.74) is -0.523. The molecule has 0 atom stereocenters. The molecule has 132 valence electrons. The maximum atomic E-state index is 12.1. The number of methoxy groups -OCH3 is 1. The lowest BCUT2D eigenvalue weighted by Gasteiger charge is -2.27. The molecule has 0 radical (unpaired) electrons. The molecule has 7 nitrogen and oxygen atoms in total. The average Bonchev–Trinajstić information content (AvgIpc) is 2.92. The highest BCUT2D eigenvalue weighted by Gasteiger charge is 2.21. The van der Waals surface area contributed by atoms with Crippen molar-refractivity contribution in [2.75, 3.05) is 33.4 Å². The maximum Gasteiger partial charge on any atom is 0.410 e. The number of hydrogen-bond donors (Lipinski definition) is 2. The van der Waals surface area contributed by atoms with E-state index >= 15 is 0 Å². The molecule has 0 aromatic carbocycles. The minimum absolute atomic E-state index is 0.108. The quantitative estimate of drug-likeness (QED) is 0.672. The van der Waals surface area contributed by atoms with E-state index in [1.807, 2.05) is 26.8 Å². The van der Waals surface area contributed by atoms with E-state index in [-0.39, 0.29) is 12.7 Å². The van der Waals surface area contributed by atoms with Crippen LogP contribution in [-0.2, 0) is 22.6 Å². The topological polar surface area (TPSA) is 84.2 Å². The Kier molecular flexibility index (Phi) is 8.08. The van der Waals surface area contributed by atoms with Gasteiger partial charge in [-0.2, -0.15) is 0 Å². The van der Waals surface area contributed by atoms with E-state index < -0.39 is 5.60 Å². The van der Waals surface area contributed by atoms with Crippen LogP contribution in [0.5, 0.6) is 0 Å². The van der Waals surface area contributed by atoms with Crippen LogP contribution in [0.1, 0.15) is 32.3 Å². The Balaban J connectivity index is 2.39. The van der Waals surface area contributed by atoms with Crippen molar-refractivity contribution in [3.05, 3.63) is 23.7 Å². The zero-order valence-corrected chi connectivity index (χ0v) is 14.4. The molecule has 0 unspecified atom stereocenters. The first-order chi connectivity index (χ1) is 10.9. The van der Waals surface area contributed by atoms with Crippen molar-refractivity contribution in [1.29, 1.82) is 0 Å². The fourth-order valence-corrected chi connectivity index (χ4v) is 1.85. The lowest BCUT2D eigenvalue weighted by Crippen LogP contribution is -2.42. The summed E-state index contributed by atoms with van der Waals surface area (Å²) in [7, 11) is 1.60. The van der Waals surface area contributed by atoms with Crippen LogP contribution in [0.2, 0.25) is 0 Å². The van der Waals surface area contributed by atoms with Gasteiger partial charge in [0.05, 0.1) is 13.2 Å². The molecule has 1 amide bonds. The molecule has 0 aliphatic rings. The Morgan fingerprint density at radius 1 is 1.30 bits per heavy atom. The van der Waals surface area contributed by atoms with Crippen molar-refractivity contribution in [3.63, 3.8) is 0 Å². The van der Waals surface area contributed by atoms with Crippen LogP contribution < -0.4 is 5.32 Å². The van der Waals surface area contributed by atoms with Crippen LogP contribution in [0.15, 0.2) is 16.5 Å². The van der Waals surface area contributed by atoms with Crippen molar-refractivity contribution >= 4 is 6.09 Å². The average molecular weight is 328 g/mol. The van der Waals surface area contributed by atoms with Gasteiger partial charge in [0.2, 0.25) is 0 Å². The largest absolute Gasteiger partial charge is 0.462 e. The molecular weight excluding hydrogens is 300 g/mol. The number of rotatable bonds is 9. The molecule has 1 aromatic rings. The van der Waals surface area contributed by atoms with Gasteiger partial charge in [0.25, 0.3) is 0 Å². The van der Waals surface area contributed by atoms with Gasteiger partial charge in [0, 0.05) is 26.7 Å². The number of nitrogens with one attached hydrogen (secondary N) is 1. The van der Waals surface area contributed by atoms with E-state index in [2.05, 4.69) is 5.32 Å². The summed E-state index contributed by atoms with van der Waals surface area (Å²) in [4.78, 5) is 13.8. The predicted molar refractivity (Wildman–Crippen MR) is 86.0 cm³/mol. The second kappa shape index (κ2) is 9.54. The maximum absolute atomic E-state index is 12.1. The van der Waals surface area contributed by atoms with Crippen LogP contribution in [-0.4, -0.2) is 55.1 Å². The third-order valence-corrected chi connectivity index (χ3v) is 2.95. The lowest BCUT2D eigenvalue weighted by atomic mass is 10.2. The second-order valence-electron chi connectivity index (χ2n) is 6.16. The number of aliphatic hydroxyl groups is 1. The molecule has 2 N–H and O–H groups in total. The van der Waals surface area contributed by atoms with Crippen LogP contribution in [0.25, 0.3) is 0 Å². The third kappa shape index (κ3) is 8.01. The van der Waals surface area contributed by atoms with E-state index in [1.165, 1.54) is 0 Å². The number of carbonyl (C=O) groups is 1. The molecule has 7 heteroatoms. The number of furan rings is 1. The van der Waals surface area contributed by atoms with Gasteiger partial charge in [-0.3, -0.25) is 0 Å². The zero-order chi connectivity index (χ0) is 17.3. The number of carbonyl (C=O) groups excluding carboxylic acids is 1. The summed E-state index contributed by atoms with van der Waals surface area (Å²) in [5.74, 6) is 1.28. The van der Waals surface area contributed by atoms with Crippen molar-refractivity contribution in [2.24, 2.45) is 0 Å². The highest BCUT2D eigenvalue weighted by atomic mass is 16.6. The number of nitrogens with zero attached hydrogens (tertiary/aromatic N) is 1. The Labute approximate surface area is 137 Å². The van der Waals surface area contributed by atoms with Gasteiger partial charge < -0.3 is 29.2 Å². The summed E-state index contributed by atoms with van der Waals surface area (Å²) in [6.45, 7) is 7.98. The van der Waals surface area contributed by atoms with Gasteiger partial charge in [0.15, 0.2) is 0 Å². The van der Waals surface area contributed by atoms with E-state index in [0.29, 0.717) is 38.5 Å². The van der Waals surface area contributed by atoms with Gasteiger partial charge in [-0.25, -0.2) is 4.79 Å². The smallest absolute Gasteiger partial charge is 0.410 e. The van der Waals surface area contributed by atoms with E-state index in [0.717, 1.165) is 5.76 Å². The highest BCUT2D eigenvalue weighted by molar-refractivity contribution is 5.68. The first-order valence-electron chi connectivity index (χ1n) is 7.71. The molecule has 0 aliphatic heterocycles. The van der Waals surface area contributed by atoms with Crippen molar-refractivity contribution in [2.45, 2.75) is 39.5 Å². The standard InChI is InChI=1S/C16H28N2O5/c1-16(2,3)23-15(20)18(9-10-21-4)8-7-17-11-13-5-6-14(12-19)22-13/h5-6,17,19H,7-12H2,1-4H3. The third-order valence-electron chi connectivity index (χ3n) is 2.95. The molecule has 0 saturated heterocycles. The van der Waals surface area contributed by atoms with Crippen LogP contribution in [0.3, 0.4) is 0 Å². The van der Waals surface area contributed by atoms with Crippen LogP contribution in [0.4, 0.5) is 4.79 Å². The summed E-state index contributed by atoms with van der Waals surface area (Å²) in [6, 6.07) is 3.55. The molecule has 0 bridgehead atoms. The number of amides is 1. The molecule has 0 saturated carbocycles. The van der Waals surface area contributed by atoms with E-state index in [9.17, 15) is 4.79 Å². The molecule has 1 heterocycles. The molecule has 23 heavy (non-hydrogen) atoms. The first-order valence-corrected chi connectivity index (χ1v) is 7.71. The SMILES string of the molecule is COCCN(CCNCc1ccc(CO)o1)C(=O)OC(C)(C)C. The summed E-state index contributed by atoms with van der Waals surface area (Å²) in [5, 5.41) is 12.1. The van der Waals surface area contributed by atoms with Crippen LogP contribution in [0, 0.1) is 0 Å². The monoisotopic (exact) mass is 328 g/mol. The lowest BCUT2D eigenvalue weighted by molar-refractivity contribution is 0.0204. The van der Waals surface area contributed by atoms with Gasteiger partial charge in [-0.15, -0.1) is 0 Å². The Morgan fingerprint density at radius 2 is 2.00 bits per heavy atom. The van der Waals surface area contributed by atoms with Gasteiger partial charge in [-0.05, 0) is 32.9 Å². The number of ether oxygens (including phenoxy) is 2. The van der Waals surface area contributed by atoms with Crippen molar-refractivity contribution in [3.8, 4) is 0 Å². The Morgan fingerprint density at radius 3 is 2.57 bits per heavy atom. The first kappa shape index (κ1) is 19.5. The normalized spacial score (nSPS) is 11.5. The minimum Gasteiger partial charge on any atom is -0.462 e. The molecule has 0 fully saturated rings. The molecule has 1 aromatic heterocycles. The predicted octanol–water partition coefficient (Wildman–Crippen LogP) is 1.74. The van der Waals surface area contributed by atoms with E-state index in [4.69, 9.17) is 19.0 Å². The summed E-state index contributed by atoms with van der Waals surface area (Å²) in [6.07, 6.45) is -0.350. The Bertz CT molecular complexity index is 467. The molecule has 1 rings (SSSR count). The minimum atomic E-state index is -0.523. The molecule has 0 aliphatic carbocycles. The second-order valence-corrected chi connectivity index (χ2v) is 6.16. The highest BCUT2D eigenvalue weighted by Crippen LogP contribution is 2.10. The Hall–Kier alpha value is -1.57. The summed E-state index contributed by atoms with van der Waals surface area (Å²) < 4.78 is 15.8. The van der Waals surface area contributed by atoms with Crippen molar-refractivity contribution in [1.82, 2.24) is 10.2 Å². The fraction of sp³-hybridized carbons (Fsp3) is 0.688. The van der Waals surface area contributed by atoms with Crippen molar-refractivity contribution < 1.29 is 23.8 Å². The number of hydrogen-bond acceptors (Lipinski definition) is 6. The fourth-order valence-electron chi connectivity index (χ4n) is 1.85. The zero-order valence-electron chi connectivity index (χ0n) is 14.4. The van der Waals surface area contributed by atoms with Gasteiger partial charge >= 0.3 is 6.09 Å². The van der Waals surface area contributed by atoms with Crippen LogP contribution >= 0.6 is 0 Å². The number of aliphatic hydroxyl groups excluding tert-OH is 1. The van der Waals surface area contributed by atoms with Gasteiger partial charge in [0.1, 0.15) is 23.7 Å².